The Labute approximate surface area is 208 Å². The van der Waals surface area contributed by atoms with E-state index in [-0.39, 0.29) is 4.90 Å². The average molecular weight is 511 g/mol. The van der Waals surface area contributed by atoms with Crippen LogP contribution in [0.2, 0.25) is 10.0 Å². The van der Waals surface area contributed by atoms with E-state index < -0.39 is 15.7 Å². The fourth-order valence-electron chi connectivity index (χ4n) is 3.58. The van der Waals surface area contributed by atoms with Gasteiger partial charge in [-0.05, 0) is 84.3 Å². The molecule has 0 spiro atoms. The normalized spacial score (nSPS) is 11.3. The van der Waals surface area contributed by atoms with Crippen molar-refractivity contribution in [2.45, 2.75) is 11.8 Å². The van der Waals surface area contributed by atoms with Crippen molar-refractivity contribution in [2.75, 3.05) is 11.6 Å². The second-order valence-electron chi connectivity index (χ2n) is 7.80. The molecule has 172 valence electrons. The molecule has 8 heteroatoms. The van der Waals surface area contributed by atoms with Crippen LogP contribution < -0.4 is 5.32 Å². The van der Waals surface area contributed by atoms with Gasteiger partial charge < -0.3 is 5.32 Å². The molecule has 1 heterocycles. The molecule has 4 rings (SSSR count). The lowest BCUT2D eigenvalue weighted by Gasteiger charge is -2.15. The first-order valence-corrected chi connectivity index (χ1v) is 12.9. The Morgan fingerprint density at radius 3 is 2.38 bits per heavy atom. The monoisotopic (exact) mass is 510 g/mol. The largest absolute Gasteiger partial charge is 0.322 e. The van der Waals surface area contributed by atoms with Crippen LogP contribution in [0.15, 0.2) is 83.9 Å². The van der Waals surface area contributed by atoms with Gasteiger partial charge in [0.2, 0.25) is 0 Å². The molecular formula is C26H20Cl2N2O3S. The highest BCUT2D eigenvalue weighted by molar-refractivity contribution is 7.90. The van der Waals surface area contributed by atoms with E-state index in [9.17, 15) is 13.2 Å². The van der Waals surface area contributed by atoms with Gasteiger partial charge in [0.25, 0.3) is 5.91 Å². The van der Waals surface area contributed by atoms with Gasteiger partial charge in [0.05, 0.1) is 15.6 Å². The zero-order chi connectivity index (χ0) is 24.5. The third-order valence-corrected chi connectivity index (χ3v) is 6.99. The Kier molecular flexibility index (Phi) is 6.75. The van der Waals surface area contributed by atoms with E-state index in [2.05, 4.69) is 10.3 Å². The Morgan fingerprint density at radius 1 is 0.882 bits per heavy atom. The predicted molar refractivity (Wildman–Crippen MR) is 137 cm³/mol. The summed E-state index contributed by atoms with van der Waals surface area (Å²) in [4.78, 5) is 17.8. The highest BCUT2D eigenvalue weighted by Crippen LogP contribution is 2.33. The van der Waals surface area contributed by atoms with Crippen molar-refractivity contribution in [3.63, 3.8) is 0 Å². The molecule has 0 aliphatic rings. The third-order valence-electron chi connectivity index (χ3n) is 5.32. The number of amides is 1. The molecule has 0 bridgehead atoms. The van der Waals surface area contributed by atoms with Gasteiger partial charge in [0, 0.05) is 34.3 Å². The lowest BCUT2D eigenvalue weighted by atomic mass is 9.95. The summed E-state index contributed by atoms with van der Waals surface area (Å²) >= 11 is 12.6. The van der Waals surface area contributed by atoms with E-state index in [1.54, 1.807) is 36.5 Å². The van der Waals surface area contributed by atoms with Crippen LogP contribution >= 0.6 is 23.2 Å². The number of aryl methyl sites for hydroxylation is 1. The number of anilines is 1. The van der Waals surface area contributed by atoms with Gasteiger partial charge in [-0.3, -0.25) is 9.78 Å². The number of pyridine rings is 1. The van der Waals surface area contributed by atoms with Crippen LogP contribution in [0.5, 0.6) is 0 Å². The molecule has 0 atom stereocenters. The summed E-state index contributed by atoms with van der Waals surface area (Å²) in [5.41, 5.74) is 4.19. The van der Waals surface area contributed by atoms with Crippen LogP contribution in [0.25, 0.3) is 22.4 Å². The molecule has 0 radical (unpaired) electrons. The van der Waals surface area contributed by atoms with Crippen LogP contribution in [0, 0.1) is 6.92 Å². The Bertz CT molecular complexity index is 1500. The molecule has 0 unspecified atom stereocenters. The zero-order valence-electron chi connectivity index (χ0n) is 18.3. The Balaban J connectivity index is 1.78. The topological polar surface area (TPSA) is 76.1 Å². The maximum atomic E-state index is 13.4. The summed E-state index contributed by atoms with van der Waals surface area (Å²) < 4.78 is 24.4. The van der Waals surface area contributed by atoms with Crippen LogP contribution in [-0.2, 0) is 9.84 Å². The fraction of sp³-hybridized carbons (Fsp3) is 0.0769. The highest BCUT2D eigenvalue weighted by atomic mass is 35.5. The summed E-state index contributed by atoms with van der Waals surface area (Å²) in [5, 5.41) is 3.88. The van der Waals surface area contributed by atoms with Gasteiger partial charge in [-0.25, -0.2) is 8.42 Å². The third kappa shape index (κ3) is 5.14. The van der Waals surface area contributed by atoms with Crippen LogP contribution in [0.3, 0.4) is 0 Å². The molecule has 3 aromatic carbocycles. The first kappa shape index (κ1) is 24.0. The number of halogens is 2. The highest BCUT2D eigenvalue weighted by Gasteiger charge is 2.19. The standard InChI is InChI=1S/C26H20Cl2N2O3S/c1-16-6-7-17(27)13-21(16)22-15-19(34(2,32)33)9-10-20(22)26(31)30-18-8-11-24(28)23(14-18)25-5-3-4-12-29-25/h3-15H,1-2H3,(H,30,31). The van der Waals surface area contributed by atoms with Crippen molar-refractivity contribution < 1.29 is 13.2 Å². The molecular weight excluding hydrogens is 491 g/mol. The molecule has 0 aliphatic carbocycles. The molecule has 1 N–H and O–H groups in total. The van der Waals surface area contributed by atoms with E-state index in [1.807, 2.05) is 31.2 Å². The number of rotatable bonds is 5. The van der Waals surface area contributed by atoms with Gasteiger partial charge in [-0.1, -0.05) is 35.3 Å². The molecule has 4 aromatic rings. The number of carbonyl (C=O) groups is 1. The van der Waals surface area contributed by atoms with Gasteiger partial charge in [0.1, 0.15) is 0 Å². The summed E-state index contributed by atoms with van der Waals surface area (Å²) in [6.07, 6.45) is 2.80. The van der Waals surface area contributed by atoms with Crippen LogP contribution in [0.1, 0.15) is 15.9 Å². The summed E-state index contributed by atoms with van der Waals surface area (Å²) in [6.45, 7) is 1.87. The quantitative estimate of drug-likeness (QED) is 0.324. The SMILES string of the molecule is Cc1ccc(Cl)cc1-c1cc(S(C)(=O)=O)ccc1C(=O)Nc1ccc(Cl)c(-c2ccccn2)c1. The minimum atomic E-state index is -3.48. The minimum Gasteiger partial charge on any atom is -0.322 e. The van der Waals surface area contributed by atoms with Crippen molar-refractivity contribution in [1.29, 1.82) is 0 Å². The summed E-state index contributed by atoms with van der Waals surface area (Å²) in [5.74, 6) is -0.399. The maximum absolute atomic E-state index is 13.4. The van der Waals surface area contributed by atoms with E-state index in [1.165, 1.54) is 18.2 Å². The predicted octanol–water partition coefficient (Wildman–Crippen LogP) is 6.69. The van der Waals surface area contributed by atoms with Crippen LogP contribution in [0.4, 0.5) is 5.69 Å². The first-order valence-electron chi connectivity index (χ1n) is 10.3. The molecule has 5 nitrogen and oxygen atoms in total. The van der Waals surface area contributed by atoms with E-state index >= 15 is 0 Å². The molecule has 0 fully saturated rings. The molecule has 1 aromatic heterocycles. The zero-order valence-corrected chi connectivity index (χ0v) is 20.7. The first-order chi connectivity index (χ1) is 16.1. The van der Waals surface area contributed by atoms with Gasteiger partial charge in [0.15, 0.2) is 9.84 Å². The number of hydrogen-bond acceptors (Lipinski definition) is 4. The second-order valence-corrected chi connectivity index (χ2v) is 10.7. The molecule has 0 saturated carbocycles. The number of hydrogen-bond donors (Lipinski definition) is 1. The molecule has 0 aliphatic heterocycles. The van der Waals surface area contributed by atoms with Crippen molar-refractivity contribution in [3.8, 4) is 22.4 Å². The number of aromatic nitrogens is 1. The Morgan fingerprint density at radius 2 is 1.68 bits per heavy atom. The van der Waals surface area contributed by atoms with E-state index in [0.29, 0.717) is 43.7 Å². The van der Waals surface area contributed by atoms with Crippen LogP contribution in [-0.4, -0.2) is 25.6 Å². The van der Waals surface area contributed by atoms with E-state index in [0.717, 1.165) is 11.8 Å². The fourth-order valence-corrected chi connectivity index (χ4v) is 4.61. The van der Waals surface area contributed by atoms with Crippen molar-refractivity contribution in [2.24, 2.45) is 0 Å². The minimum absolute atomic E-state index is 0.113. The molecule has 1 amide bonds. The van der Waals surface area contributed by atoms with Gasteiger partial charge in [-0.2, -0.15) is 0 Å². The second kappa shape index (κ2) is 9.58. The summed E-state index contributed by atoms with van der Waals surface area (Å²) in [7, 11) is -3.48. The molecule has 0 saturated heterocycles. The number of sulfone groups is 1. The van der Waals surface area contributed by atoms with Gasteiger partial charge in [-0.15, -0.1) is 0 Å². The van der Waals surface area contributed by atoms with E-state index in [4.69, 9.17) is 23.2 Å². The van der Waals surface area contributed by atoms with Gasteiger partial charge >= 0.3 is 0 Å². The van der Waals surface area contributed by atoms with Crippen molar-refractivity contribution in [3.05, 3.63) is 100 Å². The molecule has 34 heavy (non-hydrogen) atoms. The van der Waals surface area contributed by atoms with Crippen molar-refractivity contribution >= 4 is 44.6 Å². The number of nitrogens with one attached hydrogen (secondary N) is 1. The number of nitrogens with zero attached hydrogens (tertiary/aromatic N) is 1. The van der Waals surface area contributed by atoms with Crippen molar-refractivity contribution in [1.82, 2.24) is 4.98 Å². The average Bonchev–Trinajstić information content (AvgIpc) is 2.81. The summed E-state index contributed by atoms with van der Waals surface area (Å²) in [6, 6.07) is 20.4. The smallest absolute Gasteiger partial charge is 0.256 e. The maximum Gasteiger partial charge on any atom is 0.256 e. The lowest BCUT2D eigenvalue weighted by molar-refractivity contribution is 0.102. The Hall–Kier alpha value is -3.19. The lowest BCUT2D eigenvalue weighted by Crippen LogP contribution is -2.14. The number of carbonyl (C=O) groups excluding carboxylic acids is 1. The number of benzene rings is 3.